The summed E-state index contributed by atoms with van der Waals surface area (Å²) in [4.78, 5) is 16.3. The van der Waals surface area contributed by atoms with Gasteiger partial charge in [-0.15, -0.1) is 0 Å². The zero-order chi connectivity index (χ0) is 22.7. The fraction of sp³-hybridized carbons (Fsp3) is 0.476. The summed E-state index contributed by atoms with van der Waals surface area (Å²) in [6.07, 6.45) is 2.78. The molecule has 1 aromatic carbocycles. The second-order valence-electron chi connectivity index (χ2n) is 8.52. The Morgan fingerprint density at radius 2 is 2.06 bits per heavy atom. The molecule has 1 aliphatic carbocycles. The van der Waals surface area contributed by atoms with E-state index in [-0.39, 0.29) is 11.9 Å². The number of rotatable bonds is 5. The van der Waals surface area contributed by atoms with Gasteiger partial charge in [0.15, 0.2) is 0 Å². The lowest BCUT2D eigenvalue weighted by Crippen LogP contribution is -2.44. The Morgan fingerprint density at radius 3 is 2.72 bits per heavy atom. The van der Waals surface area contributed by atoms with E-state index in [9.17, 15) is 8.60 Å². The lowest BCUT2D eigenvalue weighted by atomic mass is 10.2. The number of benzene rings is 1. The fourth-order valence-corrected chi connectivity index (χ4v) is 5.74. The van der Waals surface area contributed by atoms with Crippen molar-refractivity contribution < 1.29 is 13.3 Å². The highest BCUT2D eigenvalue weighted by atomic mass is 32.2. The number of ether oxygens (including phenoxy) is 1. The van der Waals surface area contributed by atoms with Crippen molar-refractivity contribution in [3.63, 3.8) is 0 Å². The van der Waals surface area contributed by atoms with Crippen LogP contribution in [-0.2, 0) is 19.2 Å². The Balaban J connectivity index is 1.75. The number of aromatic nitrogens is 4. The number of morpholine rings is 1. The van der Waals surface area contributed by atoms with Crippen LogP contribution in [0.5, 0.6) is 0 Å². The summed E-state index contributed by atoms with van der Waals surface area (Å²) in [5, 5.41) is 3.04. The summed E-state index contributed by atoms with van der Waals surface area (Å²) in [6, 6.07) is 6.36. The van der Waals surface area contributed by atoms with Gasteiger partial charge in [0.25, 0.3) is 0 Å². The highest BCUT2D eigenvalue weighted by molar-refractivity contribution is 7.92. The number of imidazole rings is 1. The topological polar surface area (TPSA) is 109 Å². The number of nitrogens with zero attached hydrogens (tertiary/aromatic N) is 5. The Labute approximate surface area is 186 Å². The van der Waals surface area contributed by atoms with E-state index in [1.54, 1.807) is 17.7 Å². The van der Waals surface area contributed by atoms with Gasteiger partial charge in [-0.05, 0) is 31.9 Å². The van der Waals surface area contributed by atoms with Crippen molar-refractivity contribution in [3.05, 3.63) is 35.8 Å². The predicted molar refractivity (Wildman–Crippen MR) is 121 cm³/mol. The van der Waals surface area contributed by atoms with Gasteiger partial charge in [-0.3, -0.25) is 4.78 Å². The molecule has 170 valence electrons. The van der Waals surface area contributed by atoms with E-state index in [4.69, 9.17) is 19.5 Å². The molecule has 0 amide bonds. The van der Waals surface area contributed by atoms with Crippen LogP contribution in [0.4, 0.5) is 16.2 Å². The van der Waals surface area contributed by atoms with Crippen LogP contribution in [0.3, 0.4) is 0 Å². The van der Waals surface area contributed by atoms with Crippen molar-refractivity contribution in [1.82, 2.24) is 19.5 Å². The van der Waals surface area contributed by atoms with E-state index in [2.05, 4.69) is 22.1 Å². The summed E-state index contributed by atoms with van der Waals surface area (Å²) in [5.41, 5.74) is 1.73. The maximum absolute atomic E-state index is 13.8. The van der Waals surface area contributed by atoms with Gasteiger partial charge in [-0.2, -0.15) is 4.98 Å². The molecule has 2 aromatic heterocycles. The van der Waals surface area contributed by atoms with Gasteiger partial charge in [0.2, 0.25) is 11.9 Å². The molecule has 1 saturated heterocycles. The molecule has 0 radical (unpaired) electrons. The quantitative estimate of drug-likeness (QED) is 0.604. The lowest BCUT2D eigenvalue weighted by molar-refractivity contribution is 0.0985. The summed E-state index contributed by atoms with van der Waals surface area (Å²) < 4.78 is 41.6. The Bertz CT molecular complexity index is 1300. The fourth-order valence-electron chi connectivity index (χ4n) is 4.35. The van der Waals surface area contributed by atoms with Crippen LogP contribution in [0.2, 0.25) is 0 Å². The second kappa shape index (κ2) is 7.38. The Hall–Kier alpha value is -2.79. The molecule has 3 aromatic rings. The van der Waals surface area contributed by atoms with Gasteiger partial charge in [0.1, 0.15) is 11.6 Å². The third-order valence-electron chi connectivity index (χ3n) is 6.32. The minimum absolute atomic E-state index is 0.105. The van der Waals surface area contributed by atoms with Gasteiger partial charge >= 0.3 is 0 Å². The first-order valence-electron chi connectivity index (χ1n) is 10.6. The maximum atomic E-state index is 13.8. The first kappa shape index (κ1) is 21.1. The van der Waals surface area contributed by atoms with Crippen LogP contribution >= 0.6 is 0 Å². The number of anilines is 2. The lowest BCUT2D eigenvalue weighted by Gasteiger charge is -2.34. The average molecular weight is 460 g/mol. The first-order chi connectivity index (χ1) is 15.2. The number of fused-ring (bicyclic) bond motifs is 1. The van der Waals surface area contributed by atoms with Crippen LogP contribution in [0.15, 0.2) is 24.3 Å². The predicted octanol–water partition coefficient (Wildman–Crippen LogP) is 2.89. The molecule has 2 fully saturated rings. The van der Waals surface area contributed by atoms with Crippen molar-refractivity contribution in [2.75, 3.05) is 43.3 Å². The van der Waals surface area contributed by atoms with Gasteiger partial charge in [-0.25, -0.2) is 23.1 Å². The maximum Gasteiger partial charge on any atom is 0.239 e. The molecule has 32 heavy (non-hydrogen) atoms. The number of halogens is 1. The molecular formula is C21H26FN7O2S. The Morgan fingerprint density at radius 1 is 1.28 bits per heavy atom. The van der Waals surface area contributed by atoms with Crippen molar-refractivity contribution >= 4 is 32.5 Å². The molecule has 0 bridgehead atoms. The van der Waals surface area contributed by atoms with E-state index in [0.717, 1.165) is 0 Å². The van der Waals surface area contributed by atoms with Gasteiger partial charge in [0, 0.05) is 32.0 Å². The van der Waals surface area contributed by atoms with E-state index >= 15 is 0 Å². The average Bonchev–Trinajstić information content (AvgIpc) is 3.50. The number of nitrogens with one attached hydrogen (secondary N) is 2. The van der Waals surface area contributed by atoms with Gasteiger partial charge in [0.05, 0.1) is 50.5 Å². The van der Waals surface area contributed by atoms with Crippen LogP contribution in [-0.4, -0.2) is 62.8 Å². The monoisotopic (exact) mass is 459 g/mol. The summed E-state index contributed by atoms with van der Waals surface area (Å²) in [7, 11) is -1.15. The summed E-state index contributed by atoms with van der Waals surface area (Å²) >= 11 is 0. The molecule has 2 atom stereocenters. The molecule has 1 unspecified atom stereocenters. The van der Waals surface area contributed by atoms with Crippen molar-refractivity contribution in [3.8, 4) is 5.95 Å². The first-order valence-corrected chi connectivity index (χ1v) is 12.5. The van der Waals surface area contributed by atoms with E-state index in [0.29, 0.717) is 67.0 Å². The van der Waals surface area contributed by atoms with Crippen LogP contribution in [0.1, 0.15) is 25.5 Å². The zero-order valence-corrected chi connectivity index (χ0v) is 19.1. The highest BCUT2D eigenvalue weighted by Crippen LogP contribution is 2.52. The molecule has 1 saturated carbocycles. The largest absolute Gasteiger partial charge is 0.377 e. The normalized spacial score (nSPS) is 22.0. The van der Waals surface area contributed by atoms with Crippen molar-refractivity contribution in [2.45, 2.75) is 30.6 Å². The van der Waals surface area contributed by atoms with Gasteiger partial charge < -0.3 is 15.0 Å². The van der Waals surface area contributed by atoms with Crippen molar-refractivity contribution in [2.24, 2.45) is 0 Å². The Kier molecular flexibility index (Phi) is 4.86. The molecule has 5 rings (SSSR count). The standard InChI is InChI=1S/C21H26FN7O2S/c1-13-12-31-9-8-28(13)18-11-17(21(6-7-21)32(3,23)30)26-20(27-18)29-16-5-4-14(22)10-15(16)25-19(29)24-2/h4-5,10-11,13,23H,6-9,12H2,1-3H3,(H,24,25)/t13-,32?/m1/s1. The minimum Gasteiger partial charge on any atom is -0.377 e. The van der Waals surface area contributed by atoms with Gasteiger partial charge in [-0.1, -0.05) is 0 Å². The molecule has 2 aliphatic rings. The molecule has 11 heteroatoms. The smallest absolute Gasteiger partial charge is 0.239 e. The number of hydrogen-bond donors (Lipinski definition) is 2. The molecule has 3 heterocycles. The molecular weight excluding hydrogens is 433 g/mol. The zero-order valence-electron chi connectivity index (χ0n) is 18.3. The third kappa shape index (κ3) is 3.30. The summed E-state index contributed by atoms with van der Waals surface area (Å²) in [6.45, 7) is 3.90. The molecule has 0 spiro atoms. The number of hydrogen-bond acceptors (Lipinski definition) is 8. The molecule has 2 N–H and O–H groups in total. The van der Waals surface area contributed by atoms with E-state index < -0.39 is 14.5 Å². The van der Waals surface area contributed by atoms with E-state index in [1.807, 2.05) is 6.07 Å². The molecule has 9 nitrogen and oxygen atoms in total. The minimum atomic E-state index is -2.88. The highest BCUT2D eigenvalue weighted by Gasteiger charge is 2.53. The van der Waals surface area contributed by atoms with Crippen LogP contribution in [0, 0.1) is 10.6 Å². The molecule has 1 aliphatic heterocycles. The second-order valence-corrected chi connectivity index (χ2v) is 11.0. The van der Waals surface area contributed by atoms with Crippen LogP contribution < -0.4 is 10.2 Å². The van der Waals surface area contributed by atoms with Crippen LogP contribution in [0.25, 0.3) is 17.0 Å². The van der Waals surface area contributed by atoms with Crippen molar-refractivity contribution in [1.29, 1.82) is 4.78 Å². The summed E-state index contributed by atoms with van der Waals surface area (Å²) in [5.74, 6) is 1.14. The SMILES string of the molecule is CNc1nc2cc(F)ccc2n1-c1nc(N2CCOC[C@H]2C)cc(C2(S(C)(=N)=O)CC2)n1. The van der Waals surface area contributed by atoms with E-state index in [1.165, 1.54) is 18.4 Å². The third-order valence-corrected chi connectivity index (χ3v) is 8.43.